The molecule has 0 amide bonds. The fourth-order valence-electron chi connectivity index (χ4n) is 2.38. The summed E-state index contributed by atoms with van der Waals surface area (Å²) < 4.78 is 11.9. The SMILES string of the molecule is Brc1sc(-c2ccc3c(c2)OCO3)nc1Cc1ccccc1. The lowest BCUT2D eigenvalue weighted by Crippen LogP contribution is -1.92. The first-order valence-corrected chi connectivity index (χ1v) is 8.50. The van der Waals surface area contributed by atoms with Gasteiger partial charge < -0.3 is 9.47 Å². The molecule has 2 heterocycles. The van der Waals surface area contributed by atoms with Crippen LogP contribution < -0.4 is 9.47 Å². The predicted octanol–water partition coefficient (Wildman–Crippen LogP) is 4.89. The molecule has 2 aromatic carbocycles. The number of nitrogens with zero attached hydrogens (tertiary/aromatic N) is 1. The maximum atomic E-state index is 5.44. The van der Waals surface area contributed by atoms with Gasteiger partial charge >= 0.3 is 0 Å². The Morgan fingerprint density at radius 1 is 1.05 bits per heavy atom. The second kappa shape index (κ2) is 5.74. The molecule has 0 fully saturated rings. The number of thiazole rings is 1. The summed E-state index contributed by atoms with van der Waals surface area (Å²) in [5, 5.41) is 0.983. The Bertz CT molecular complexity index is 817. The van der Waals surface area contributed by atoms with Gasteiger partial charge in [0.05, 0.1) is 9.48 Å². The zero-order chi connectivity index (χ0) is 14.9. The van der Waals surface area contributed by atoms with Gasteiger partial charge in [0.2, 0.25) is 6.79 Å². The molecule has 4 rings (SSSR count). The van der Waals surface area contributed by atoms with E-state index in [0.29, 0.717) is 6.79 Å². The first-order chi connectivity index (χ1) is 10.8. The van der Waals surface area contributed by atoms with Crippen molar-refractivity contribution in [1.82, 2.24) is 4.98 Å². The summed E-state index contributed by atoms with van der Waals surface area (Å²) in [6, 6.07) is 16.3. The summed E-state index contributed by atoms with van der Waals surface area (Å²) in [7, 11) is 0. The van der Waals surface area contributed by atoms with E-state index in [1.165, 1.54) is 5.56 Å². The van der Waals surface area contributed by atoms with Crippen LogP contribution in [-0.2, 0) is 6.42 Å². The first-order valence-electron chi connectivity index (χ1n) is 6.89. The highest BCUT2D eigenvalue weighted by molar-refractivity contribution is 9.11. The predicted molar refractivity (Wildman–Crippen MR) is 90.6 cm³/mol. The third kappa shape index (κ3) is 2.62. The molecule has 1 aromatic heterocycles. The number of aromatic nitrogens is 1. The van der Waals surface area contributed by atoms with E-state index in [0.717, 1.165) is 38.0 Å². The van der Waals surface area contributed by atoms with Crippen molar-refractivity contribution in [2.45, 2.75) is 6.42 Å². The molecule has 5 heteroatoms. The molecule has 0 spiro atoms. The lowest BCUT2D eigenvalue weighted by molar-refractivity contribution is 0.174. The van der Waals surface area contributed by atoms with Gasteiger partial charge in [-0.3, -0.25) is 0 Å². The van der Waals surface area contributed by atoms with Crippen molar-refractivity contribution in [2.75, 3.05) is 6.79 Å². The molecular weight excluding hydrogens is 362 g/mol. The van der Waals surface area contributed by atoms with E-state index in [2.05, 4.69) is 28.1 Å². The van der Waals surface area contributed by atoms with Crippen LogP contribution in [0.3, 0.4) is 0 Å². The number of fused-ring (bicyclic) bond motifs is 1. The fourth-order valence-corrected chi connectivity index (χ4v) is 3.88. The standard InChI is InChI=1S/C17H12BrNO2S/c18-16-13(8-11-4-2-1-3-5-11)19-17(22-16)12-6-7-14-15(9-12)21-10-20-14/h1-7,9H,8,10H2. The second-order valence-corrected chi connectivity index (χ2v) is 7.29. The Hall–Kier alpha value is -1.85. The summed E-state index contributed by atoms with van der Waals surface area (Å²) >= 11 is 5.28. The normalized spacial score (nSPS) is 12.6. The van der Waals surface area contributed by atoms with Gasteiger partial charge in [-0.25, -0.2) is 4.98 Å². The molecular formula is C17H12BrNO2S. The molecule has 0 aliphatic carbocycles. The van der Waals surface area contributed by atoms with E-state index >= 15 is 0 Å². The Morgan fingerprint density at radius 2 is 1.86 bits per heavy atom. The summed E-state index contributed by atoms with van der Waals surface area (Å²) in [4.78, 5) is 4.78. The minimum absolute atomic E-state index is 0.291. The van der Waals surface area contributed by atoms with Crippen molar-refractivity contribution in [1.29, 1.82) is 0 Å². The molecule has 0 N–H and O–H groups in total. The third-order valence-electron chi connectivity index (χ3n) is 3.48. The number of halogens is 1. The average molecular weight is 374 g/mol. The van der Waals surface area contributed by atoms with Crippen LogP contribution in [0.5, 0.6) is 11.5 Å². The maximum Gasteiger partial charge on any atom is 0.231 e. The molecule has 0 radical (unpaired) electrons. The third-order valence-corrected chi connectivity index (χ3v) is 5.36. The fraction of sp³-hybridized carbons (Fsp3) is 0.118. The highest BCUT2D eigenvalue weighted by Gasteiger charge is 2.16. The molecule has 1 aliphatic rings. The second-order valence-electron chi connectivity index (χ2n) is 4.97. The number of rotatable bonds is 3. The number of ether oxygens (including phenoxy) is 2. The largest absolute Gasteiger partial charge is 0.454 e. The minimum Gasteiger partial charge on any atom is -0.454 e. The van der Waals surface area contributed by atoms with Crippen LogP contribution in [0.2, 0.25) is 0 Å². The Labute approximate surface area is 140 Å². The van der Waals surface area contributed by atoms with Crippen LogP contribution in [-0.4, -0.2) is 11.8 Å². The van der Waals surface area contributed by atoms with Gasteiger partial charge in [-0.15, -0.1) is 11.3 Å². The van der Waals surface area contributed by atoms with E-state index < -0.39 is 0 Å². The van der Waals surface area contributed by atoms with Gasteiger partial charge in [-0.1, -0.05) is 30.3 Å². The van der Waals surface area contributed by atoms with Crippen molar-refractivity contribution in [3.63, 3.8) is 0 Å². The van der Waals surface area contributed by atoms with E-state index in [1.807, 2.05) is 36.4 Å². The highest BCUT2D eigenvalue weighted by Crippen LogP contribution is 2.39. The highest BCUT2D eigenvalue weighted by atomic mass is 79.9. The van der Waals surface area contributed by atoms with Gasteiger partial charge in [0.1, 0.15) is 5.01 Å². The van der Waals surface area contributed by atoms with Crippen LogP contribution in [0.1, 0.15) is 11.3 Å². The van der Waals surface area contributed by atoms with E-state index in [1.54, 1.807) is 11.3 Å². The quantitative estimate of drug-likeness (QED) is 0.654. The summed E-state index contributed by atoms with van der Waals surface area (Å²) in [5.74, 6) is 1.58. The number of benzene rings is 2. The summed E-state index contributed by atoms with van der Waals surface area (Å²) in [5.41, 5.74) is 3.36. The van der Waals surface area contributed by atoms with E-state index in [-0.39, 0.29) is 0 Å². The molecule has 0 saturated heterocycles. The topological polar surface area (TPSA) is 31.4 Å². The van der Waals surface area contributed by atoms with Gasteiger partial charge in [-0.2, -0.15) is 0 Å². The van der Waals surface area contributed by atoms with Gasteiger partial charge in [0, 0.05) is 12.0 Å². The van der Waals surface area contributed by atoms with Gasteiger partial charge in [-0.05, 0) is 39.7 Å². The molecule has 0 atom stereocenters. The number of hydrogen-bond acceptors (Lipinski definition) is 4. The van der Waals surface area contributed by atoms with Gasteiger partial charge in [0.25, 0.3) is 0 Å². The van der Waals surface area contributed by atoms with Crippen LogP contribution in [0, 0.1) is 0 Å². The summed E-state index contributed by atoms with van der Waals surface area (Å²) in [6.45, 7) is 0.291. The van der Waals surface area contributed by atoms with Crippen molar-refractivity contribution in [3.8, 4) is 22.1 Å². The molecule has 22 heavy (non-hydrogen) atoms. The van der Waals surface area contributed by atoms with Crippen LogP contribution in [0.25, 0.3) is 10.6 Å². The van der Waals surface area contributed by atoms with E-state index in [9.17, 15) is 0 Å². The molecule has 110 valence electrons. The number of hydrogen-bond donors (Lipinski definition) is 0. The zero-order valence-corrected chi connectivity index (χ0v) is 14.0. The Kier molecular flexibility index (Phi) is 3.60. The minimum atomic E-state index is 0.291. The molecule has 0 bridgehead atoms. The van der Waals surface area contributed by atoms with Crippen LogP contribution in [0.15, 0.2) is 52.3 Å². The van der Waals surface area contributed by atoms with Crippen molar-refractivity contribution < 1.29 is 9.47 Å². The van der Waals surface area contributed by atoms with Crippen LogP contribution >= 0.6 is 27.3 Å². The smallest absolute Gasteiger partial charge is 0.231 e. The van der Waals surface area contributed by atoms with Crippen molar-refractivity contribution in [2.24, 2.45) is 0 Å². The average Bonchev–Trinajstić information content (AvgIpc) is 3.15. The molecule has 1 aliphatic heterocycles. The summed E-state index contributed by atoms with van der Waals surface area (Å²) in [6.07, 6.45) is 0.822. The van der Waals surface area contributed by atoms with E-state index in [4.69, 9.17) is 14.5 Å². The molecule has 0 saturated carbocycles. The maximum absolute atomic E-state index is 5.44. The lowest BCUT2D eigenvalue weighted by Gasteiger charge is -1.99. The molecule has 3 nitrogen and oxygen atoms in total. The monoisotopic (exact) mass is 373 g/mol. The zero-order valence-electron chi connectivity index (χ0n) is 11.6. The first kappa shape index (κ1) is 13.8. The van der Waals surface area contributed by atoms with Crippen molar-refractivity contribution >= 4 is 27.3 Å². The lowest BCUT2D eigenvalue weighted by atomic mass is 10.1. The molecule has 3 aromatic rings. The Morgan fingerprint density at radius 3 is 2.73 bits per heavy atom. The Balaban J connectivity index is 1.65. The van der Waals surface area contributed by atoms with Gasteiger partial charge in [0.15, 0.2) is 11.5 Å². The molecule has 0 unspecified atom stereocenters. The van der Waals surface area contributed by atoms with Crippen LogP contribution in [0.4, 0.5) is 0 Å². The van der Waals surface area contributed by atoms with Crippen molar-refractivity contribution in [3.05, 3.63) is 63.6 Å².